The number of aromatic nitrogens is 3. The van der Waals surface area contributed by atoms with Crippen LogP contribution in [-0.4, -0.2) is 32.7 Å². The third-order valence-electron chi connectivity index (χ3n) is 4.84. The Morgan fingerprint density at radius 3 is 2.67 bits per heavy atom. The summed E-state index contributed by atoms with van der Waals surface area (Å²) in [5, 5.41) is 16.8. The Balaban J connectivity index is 1.41. The molecule has 0 spiro atoms. The normalized spacial score (nSPS) is 14.4. The summed E-state index contributed by atoms with van der Waals surface area (Å²) < 4.78 is 15.3. The van der Waals surface area contributed by atoms with Crippen LogP contribution in [0, 0.1) is 5.82 Å². The van der Waals surface area contributed by atoms with Gasteiger partial charge in [0, 0.05) is 25.6 Å². The summed E-state index contributed by atoms with van der Waals surface area (Å²) >= 11 is 6.98. The first kappa shape index (κ1) is 20.1. The second-order valence-corrected chi connectivity index (χ2v) is 7.93. The van der Waals surface area contributed by atoms with Gasteiger partial charge in [-0.15, -0.1) is 10.2 Å². The number of halogens is 1. The fourth-order valence-corrected chi connectivity index (χ4v) is 4.19. The van der Waals surface area contributed by atoms with Gasteiger partial charge in [0.15, 0.2) is 10.3 Å². The van der Waals surface area contributed by atoms with Gasteiger partial charge in [-0.25, -0.2) is 4.39 Å². The van der Waals surface area contributed by atoms with E-state index in [9.17, 15) is 4.39 Å². The highest BCUT2D eigenvalue weighted by atomic mass is 32.2. The molecule has 1 fully saturated rings. The van der Waals surface area contributed by atoms with E-state index < -0.39 is 0 Å². The van der Waals surface area contributed by atoms with Gasteiger partial charge in [0.05, 0.1) is 0 Å². The molecule has 1 aliphatic rings. The van der Waals surface area contributed by atoms with Crippen LogP contribution in [0.1, 0.15) is 49.5 Å². The molecule has 1 aliphatic carbocycles. The molecule has 0 bridgehead atoms. The van der Waals surface area contributed by atoms with Crippen LogP contribution in [0.15, 0.2) is 29.4 Å². The molecule has 1 aromatic carbocycles. The molecule has 0 radical (unpaired) electrons. The van der Waals surface area contributed by atoms with E-state index in [4.69, 9.17) is 12.2 Å². The number of thiocarbonyl (C=S) groups is 1. The Hall–Kier alpha value is -1.67. The minimum Gasteiger partial charge on any atom is -0.363 e. The zero-order valence-electron chi connectivity index (χ0n) is 15.6. The summed E-state index contributed by atoms with van der Waals surface area (Å²) in [6, 6.07) is 6.98. The van der Waals surface area contributed by atoms with Gasteiger partial charge < -0.3 is 15.2 Å². The Labute approximate surface area is 169 Å². The van der Waals surface area contributed by atoms with E-state index in [0.29, 0.717) is 17.7 Å². The molecule has 146 valence electrons. The number of nitrogens with one attached hydrogen (secondary N) is 2. The molecule has 1 heterocycles. The molecule has 1 saturated carbocycles. The van der Waals surface area contributed by atoms with Crippen molar-refractivity contribution in [1.82, 2.24) is 25.4 Å². The lowest BCUT2D eigenvalue weighted by Crippen LogP contribution is -2.35. The average molecular weight is 408 g/mol. The number of hydrogen-bond donors (Lipinski definition) is 2. The molecule has 8 heteroatoms. The van der Waals surface area contributed by atoms with Crippen molar-refractivity contribution in [3.8, 4) is 0 Å². The van der Waals surface area contributed by atoms with Crippen LogP contribution in [0.5, 0.6) is 0 Å². The Morgan fingerprint density at radius 1 is 1.22 bits per heavy atom. The van der Waals surface area contributed by atoms with Crippen molar-refractivity contribution >= 4 is 29.1 Å². The smallest absolute Gasteiger partial charge is 0.191 e. The highest BCUT2D eigenvalue weighted by molar-refractivity contribution is 7.98. The number of thioether (sulfide) groups is 1. The monoisotopic (exact) mass is 407 g/mol. The van der Waals surface area contributed by atoms with Crippen LogP contribution in [0.2, 0.25) is 0 Å². The van der Waals surface area contributed by atoms with Crippen LogP contribution >= 0.6 is 24.0 Å². The van der Waals surface area contributed by atoms with Gasteiger partial charge in [-0.2, -0.15) is 0 Å². The van der Waals surface area contributed by atoms with Gasteiger partial charge in [-0.3, -0.25) is 0 Å². The molecule has 2 aromatic rings. The maximum atomic E-state index is 12.9. The first-order chi connectivity index (χ1) is 13.2. The van der Waals surface area contributed by atoms with E-state index in [2.05, 4.69) is 31.7 Å². The lowest BCUT2D eigenvalue weighted by atomic mass is 10.2. The largest absolute Gasteiger partial charge is 0.363 e. The minimum atomic E-state index is -0.227. The molecule has 0 atom stereocenters. The fraction of sp³-hybridized carbons (Fsp3) is 0.526. The minimum absolute atomic E-state index is 0.227. The molecule has 0 unspecified atom stereocenters. The molecular formula is C19H26FN5S2. The van der Waals surface area contributed by atoms with Crippen LogP contribution in [0.3, 0.4) is 0 Å². The Morgan fingerprint density at radius 2 is 1.96 bits per heavy atom. The maximum Gasteiger partial charge on any atom is 0.191 e. The van der Waals surface area contributed by atoms with Gasteiger partial charge in [-0.1, -0.05) is 36.7 Å². The number of hydrogen-bond acceptors (Lipinski definition) is 4. The van der Waals surface area contributed by atoms with Gasteiger partial charge in [0.1, 0.15) is 11.6 Å². The van der Waals surface area contributed by atoms with E-state index in [1.807, 2.05) is 0 Å². The van der Waals surface area contributed by atoms with Gasteiger partial charge in [-0.05, 0) is 55.4 Å². The Kier molecular flexibility index (Phi) is 7.46. The molecule has 5 nitrogen and oxygen atoms in total. The third kappa shape index (κ3) is 5.65. The SMILES string of the molecule is CSc1nnc(CCCNC(=S)NCc2ccc(F)cc2)n1C1CCCC1. The first-order valence-electron chi connectivity index (χ1n) is 9.41. The molecule has 1 aromatic heterocycles. The van der Waals surface area contributed by atoms with Crippen molar-refractivity contribution in [2.45, 2.75) is 56.3 Å². The molecule has 0 aliphatic heterocycles. The lowest BCUT2D eigenvalue weighted by molar-refractivity contribution is 0.460. The molecule has 3 rings (SSSR count). The number of nitrogens with zero attached hydrogens (tertiary/aromatic N) is 3. The van der Waals surface area contributed by atoms with Crippen LogP contribution in [0.25, 0.3) is 0 Å². The molecule has 27 heavy (non-hydrogen) atoms. The maximum absolute atomic E-state index is 12.9. The van der Waals surface area contributed by atoms with Crippen LogP contribution in [0.4, 0.5) is 4.39 Å². The van der Waals surface area contributed by atoms with E-state index >= 15 is 0 Å². The number of rotatable bonds is 8. The highest BCUT2D eigenvalue weighted by Gasteiger charge is 2.23. The third-order valence-corrected chi connectivity index (χ3v) is 5.77. The van der Waals surface area contributed by atoms with Crippen molar-refractivity contribution < 1.29 is 4.39 Å². The van der Waals surface area contributed by atoms with E-state index in [0.717, 1.165) is 35.9 Å². The summed E-state index contributed by atoms with van der Waals surface area (Å²) in [4.78, 5) is 0. The number of aryl methyl sites for hydroxylation is 1. The average Bonchev–Trinajstić information content (AvgIpc) is 3.33. The van der Waals surface area contributed by atoms with Crippen molar-refractivity contribution in [1.29, 1.82) is 0 Å². The first-order valence-corrected chi connectivity index (χ1v) is 11.0. The predicted molar refractivity (Wildman–Crippen MR) is 111 cm³/mol. The quantitative estimate of drug-likeness (QED) is 0.394. The van der Waals surface area contributed by atoms with Gasteiger partial charge in [0.25, 0.3) is 0 Å². The molecular weight excluding hydrogens is 381 g/mol. The van der Waals surface area contributed by atoms with E-state index in [-0.39, 0.29) is 5.82 Å². The fourth-order valence-electron chi connectivity index (χ4n) is 3.44. The summed E-state index contributed by atoms with van der Waals surface area (Å²) in [6.07, 6.45) is 8.95. The number of benzene rings is 1. The Bertz CT molecular complexity index is 741. The summed E-state index contributed by atoms with van der Waals surface area (Å²) in [5.41, 5.74) is 0.995. The van der Waals surface area contributed by atoms with Crippen molar-refractivity contribution in [2.24, 2.45) is 0 Å². The van der Waals surface area contributed by atoms with Crippen molar-refractivity contribution in [2.75, 3.05) is 12.8 Å². The summed E-state index contributed by atoms with van der Waals surface area (Å²) in [6.45, 7) is 1.36. The van der Waals surface area contributed by atoms with Crippen LogP contribution < -0.4 is 10.6 Å². The second kappa shape index (κ2) is 10.0. The van der Waals surface area contributed by atoms with Crippen molar-refractivity contribution in [3.05, 3.63) is 41.5 Å². The van der Waals surface area contributed by atoms with E-state index in [1.54, 1.807) is 23.9 Å². The second-order valence-electron chi connectivity index (χ2n) is 6.75. The molecule has 0 amide bonds. The standard InChI is InChI=1S/C19H26FN5S2/c1-27-19-24-23-17(25(19)16-5-2-3-6-16)7-4-12-21-18(26)22-13-14-8-10-15(20)11-9-14/h8-11,16H,2-7,12-13H2,1H3,(H2,21,22,26). The van der Waals surface area contributed by atoms with E-state index in [1.165, 1.54) is 37.8 Å². The lowest BCUT2D eigenvalue weighted by Gasteiger charge is -2.16. The zero-order chi connectivity index (χ0) is 19.1. The van der Waals surface area contributed by atoms with Crippen LogP contribution in [-0.2, 0) is 13.0 Å². The highest BCUT2D eigenvalue weighted by Crippen LogP contribution is 2.33. The van der Waals surface area contributed by atoms with Crippen molar-refractivity contribution in [3.63, 3.8) is 0 Å². The zero-order valence-corrected chi connectivity index (χ0v) is 17.2. The summed E-state index contributed by atoms with van der Waals surface area (Å²) in [7, 11) is 0. The molecule has 0 saturated heterocycles. The van der Waals surface area contributed by atoms with Gasteiger partial charge >= 0.3 is 0 Å². The molecule has 2 N–H and O–H groups in total. The summed E-state index contributed by atoms with van der Waals surface area (Å²) in [5.74, 6) is 0.854. The van der Waals surface area contributed by atoms with Gasteiger partial charge in [0.2, 0.25) is 0 Å². The topological polar surface area (TPSA) is 54.8 Å². The predicted octanol–water partition coefficient (Wildman–Crippen LogP) is 3.85.